The summed E-state index contributed by atoms with van der Waals surface area (Å²) in [7, 11) is 0. The molecule has 0 aliphatic carbocycles. The van der Waals surface area contributed by atoms with Crippen molar-refractivity contribution >= 4 is 35.0 Å². The van der Waals surface area contributed by atoms with Gasteiger partial charge in [0.2, 0.25) is 11.8 Å². The molecule has 2 amide bonds. The predicted molar refractivity (Wildman–Crippen MR) is 105 cm³/mol. The molecule has 5 nitrogen and oxygen atoms in total. The van der Waals surface area contributed by atoms with Crippen molar-refractivity contribution in [3.05, 3.63) is 48.5 Å². The molecule has 3 rings (SSSR count). The Morgan fingerprint density at radius 2 is 1.88 bits per heavy atom. The van der Waals surface area contributed by atoms with Gasteiger partial charge >= 0.3 is 0 Å². The zero-order chi connectivity index (χ0) is 18.4. The standard InChI is InChI=1S/C20H22N2O3S/c1-2-25-17-9-11-18(12-10-17)26-14-19(23)21-15-5-7-16(8-6-15)22-13-3-4-20(22)24/h5-12H,2-4,13-14H2,1H3,(H,21,23). The lowest BCUT2D eigenvalue weighted by Crippen LogP contribution is -2.23. The van der Waals surface area contributed by atoms with Crippen LogP contribution in [-0.4, -0.2) is 30.7 Å². The Balaban J connectivity index is 1.49. The molecule has 0 unspecified atom stereocenters. The minimum atomic E-state index is -0.0612. The highest BCUT2D eigenvalue weighted by atomic mass is 32.2. The van der Waals surface area contributed by atoms with Gasteiger partial charge in [-0.1, -0.05) is 0 Å². The molecule has 2 aromatic carbocycles. The maximum Gasteiger partial charge on any atom is 0.234 e. The van der Waals surface area contributed by atoms with Crippen molar-refractivity contribution in [2.45, 2.75) is 24.7 Å². The van der Waals surface area contributed by atoms with Crippen LogP contribution >= 0.6 is 11.8 Å². The molecule has 6 heteroatoms. The molecule has 0 aromatic heterocycles. The summed E-state index contributed by atoms with van der Waals surface area (Å²) in [5, 5.41) is 2.88. The van der Waals surface area contributed by atoms with Gasteiger partial charge in [0.25, 0.3) is 0 Å². The SMILES string of the molecule is CCOc1ccc(SCC(=O)Nc2ccc(N3CCCC3=O)cc2)cc1. The van der Waals surface area contributed by atoms with Crippen LogP contribution in [0, 0.1) is 0 Å². The highest BCUT2D eigenvalue weighted by Gasteiger charge is 2.21. The molecule has 136 valence electrons. The van der Waals surface area contributed by atoms with E-state index in [4.69, 9.17) is 4.74 Å². The van der Waals surface area contributed by atoms with Crippen molar-refractivity contribution in [1.82, 2.24) is 0 Å². The minimum absolute atomic E-state index is 0.0612. The summed E-state index contributed by atoms with van der Waals surface area (Å²) in [6, 6.07) is 15.1. The van der Waals surface area contributed by atoms with Gasteiger partial charge in [0.05, 0.1) is 12.4 Å². The van der Waals surface area contributed by atoms with Gasteiger partial charge in [0, 0.05) is 29.2 Å². The molecule has 0 bridgehead atoms. The molecule has 1 fully saturated rings. The molecule has 1 saturated heterocycles. The van der Waals surface area contributed by atoms with E-state index in [9.17, 15) is 9.59 Å². The van der Waals surface area contributed by atoms with Crippen LogP contribution in [0.15, 0.2) is 53.4 Å². The summed E-state index contributed by atoms with van der Waals surface area (Å²) in [6.45, 7) is 3.35. The van der Waals surface area contributed by atoms with Crippen molar-refractivity contribution < 1.29 is 14.3 Å². The topological polar surface area (TPSA) is 58.6 Å². The van der Waals surface area contributed by atoms with Crippen LogP contribution in [-0.2, 0) is 9.59 Å². The number of amides is 2. The van der Waals surface area contributed by atoms with Gasteiger partial charge in [0.1, 0.15) is 5.75 Å². The van der Waals surface area contributed by atoms with E-state index in [0.717, 1.165) is 35.0 Å². The lowest BCUT2D eigenvalue weighted by atomic mass is 10.2. The number of anilines is 2. The van der Waals surface area contributed by atoms with Gasteiger partial charge in [-0.2, -0.15) is 0 Å². The van der Waals surface area contributed by atoms with Crippen LogP contribution in [0.3, 0.4) is 0 Å². The van der Waals surface area contributed by atoms with Crippen molar-refractivity contribution in [2.24, 2.45) is 0 Å². The third kappa shape index (κ3) is 4.79. The van der Waals surface area contributed by atoms with Crippen LogP contribution in [0.25, 0.3) is 0 Å². The molecule has 0 spiro atoms. The molecule has 2 aromatic rings. The second-order valence-electron chi connectivity index (χ2n) is 5.94. The van der Waals surface area contributed by atoms with Crippen LogP contribution < -0.4 is 15.0 Å². The molecule has 0 radical (unpaired) electrons. The first-order valence-electron chi connectivity index (χ1n) is 8.71. The van der Waals surface area contributed by atoms with Crippen LogP contribution in [0.4, 0.5) is 11.4 Å². The predicted octanol–water partition coefficient (Wildman–Crippen LogP) is 3.94. The summed E-state index contributed by atoms with van der Waals surface area (Å²) in [5.41, 5.74) is 1.62. The monoisotopic (exact) mass is 370 g/mol. The molecule has 0 saturated carbocycles. The normalized spacial score (nSPS) is 13.7. The van der Waals surface area contributed by atoms with Gasteiger partial charge in [-0.05, 0) is 61.9 Å². The number of benzene rings is 2. The maximum atomic E-state index is 12.1. The zero-order valence-electron chi connectivity index (χ0n) is 14.7. The van der Waals surface area contributed by atoms with Crippen molar-refractivity contribution in [3.8, 4) is 5.75 Å². The second kappa shape index (κ2) is 8.76. The number of nitrogens with zero attached hydrogens (tertiary/aromatic N) is 1. The molecule has 1 N–H and O–H groups in total. The smallest absolute Gasteiger partial charge is 0.234 e. The molecular weight excluding hydrogens is 348 g/mol. The summed E-state index contributed by atoms with van der Waals surface area (Å²) in [5.74, 6) is 1.26. The first-order chi connectivity index (χ1) is 12.7. The van der Waals surface area contributed by atoms with Crippen LogP contribution in [0.1, 0.15) is 19.8 Å². The van der Waals surface area contributed by atoms with E-state index < -0.39 is 0 Å². The van der Waals surface area contributed by atoms with Crippen molar-refractivity contribution in [3.63, 3.8) is 0 Å². The minimum Gasteiger partial charge on any atom is -0.494 e. The van der Waals surface area contributed by atoms with E-state index in [-0.39, 0.29) is 11.8 Å². The number of hydrogen-bond acceptors (Lipinski definition) is 4. The number of rotatable bonds is 7. The Morgan fingerprint density at radius 3 is 2.50 bits per heavy atom. The number of ether oxygens (including phenoxy) is 1. The fraction of sp³-hybridized carbons (Fsp3) is 0.300. The number of thioether (sulfide) groups is 1. The van der Waals surface area contributed by atoms with Crippen molar-refractivity contribution in [2.75, 3.05) is 29.1 Å². The van der Waals surface area contributed by atoms with E-state index in [2.05, 4.69) is 5.32 Å². The molecule has 1 heterocycles. The molecule has 0 atom stereocenters. The van der Waals surface area contributed by atoms with E-state index >= 15 is 0 Å². The van der Waals surface area contributed by atoms with Gasteiger partial charge in [-0.25, -0.2) is 0 Å². The van der Waals surface area contributed by atoms with Gasteiger partial charge in [0.15, 0.2) is 0 Å². The number of nitrogens with one attached hydrogen (secondary N) is 1. The van der Waals surface area contributed by atoms with Gasteiger partial charge < -0.3 is 15.0 Å². The van der Waals surface area contributed by atoms with Crippen LogP contribution in [0.2, 0.25) is 0 Å². The second-order valence-corrected chi connectivity index (χ2v) is 6.99. The lowest BCUT2D eigenvalue weighted by Gasteiger charge is -2.16. The average Bonchev–Trinajstić information content (AvgIpc) is 3.08. The number of carbonyl (C=O) groups is 2. The third-order valence-corrected chi connectivity index (χ3v) is 5.05. The van der Waals surface area contributed by atoms with Gasteiger partial charge in [-0.3, -0.25) is 9.59 Å². The van der Waals surface area contributed by atoms with Crippen LogP contribution in [0.5, 0.6) is 5.75 Å². The Hall–Kier alpha value is -2.47. The zero-order valence-corrected chi connectivity index (χ0v) is 15.6. The van der Waals surface area contributed by atoms with E-state index in [1.807, 2.05) is 55.5 Å². The summed E-state index contributed by atoms with van der Waals surface area (Å²) in [6.07, 6.45) is 1.52. The Bertz CT molecular complexity index is 760. The molecule has 1 aliphatic heterocycles. The molecular formula is C20H22N2O3S. The number of hydrogen-bond donors (Lipinski definition) is 1. The number of carbonyl (C=O) groups excluding carboxylic acids is 2. The first kappa shape index (κ1) is 18.3. The highest BCUT2D eigenvalue weighted by Crippen LogP contribution is 2.24. The molecule has 1 aliphatic rings. The van der Waals surface area contributed by atoms with Gasteiger partial charge in [-0.15, -0.1) is 11.8 Å². The lowest BCUT2D eigenvalue weighted by molar-refractivity contribution is -0.117. The summed E-state index contributed by atoms with van der Waals surface area (Å²) < 4.78 is 5.41. The Labute approximate surface area is 157 Å². The van der Waals surface area contributed by atoms with E-state index in [0.29, 0.717) is 18.8 Å². The van der Waals surface area contributed by atoms with E-state index in [1.165, 1.54) is 11.8 Å². The molecule has 26 heavy (non-hydrogen) atoms. The average molecular weight is 370 g/mol. The Morgan fingerprint density at radius 1 is 1.15 bits per heavy atom. The first-order valence-corrected chi connectivity index (χ1v) is 9.70. The summed E-state index contributed by atoms with van der Waals surface area (Å²) in [4.78, 5) is 26.7. The fourth-order valence-electron chi connectivity index (χ4n) is 2.79. The summed E-state index contributed by atoms with van der Waals surface area (Å²) >= 11 is 1.48. The quantitative estimate of drug-likeness (QED) is 0.750. The Kier molecular flexibility index (Phi) is 6.17. The highest BCUT2D eigenvalue weighted by molar-refractivity contribution is 8.00. The maximum absolute atomic E-state index is 12.1. The third-order valence-electron chi connectivity index (χ3n) is 4.04. The largest absolute Gasteiger partial charge is 0.494 e. The van der Waals surface area contributed by atoms with E-state index in [1.54, 1.807) is 4.90 Å². The fourth-order valence-corrected chi connectivity index (χ4v) is 3.49. The van der Waals surface area contributed by atoms with Crippen molar-refractivity contribution in [1.29, 1.82) is 0 Å².